The molecule has 20 heavy (non-hydrogen) atoms. The van der Waals surface area contributed by atoms with Gasteiger partial charge in [-0.15, -0.1) is 0 Å². The number of benzene rings is 2. The molecule has 2 aromatic carbocycles. The van der Waals surface area contributed by atoms with Crippen LogP contribution in [0.25, 0.3) is 6.08 Å². The Morgan fingerprint density at radius 3 is 2.35 bits per heavy atom. The molecule has 0 bridgehead atoms. The van der Waals surface area contributed by atoms with E-state index in [-0.39, 0.29) is 17.2 Å². The summed E-state index contributed by atoms with van der Waals surface area (Å²) in [4.78, 5) is 1.76. The van der Waals surface area contributed by atoms with E-state index in [1.54, 1.807) is 47.5 Å². The summed E-state index contributed by atoms with van der Waals surface area (Å²) < 4.78 is 0. The Morgan fingerprint density at radius 1 is 0.950 bits per heavy atom. The van der Waals surface area contributed by atoms with E-state index in [0.29, 0.717) is 11.1 Å². The maximum absolute atomic E-state index is 9.97. The molecule has 1 heterocycles. The second kappa shape index (κ2) is 4.65. The van der Waals surface area contributed by atoms with Crippen molar-refractivity contribution < 1.29 is 15.3 Å². The van der Waals surface area contributed by atoms with Gasteiger partial charge in [-0.1, -0.05) is 11.6 Å². The van der Waals surface area contributed by atoms with Crippen LogP contribution in [0.1, 0.15) is 16.6 Å². The Hall–Kier alpha value is -2.33. The Labute approximate surface area is 120 Å². The summed E-state index contributed by atoms with van der Waals surface area (Å²) in [6.45, 7) is 0. The number of rotatable bonds is 1. The van der Waals surface area contributed by atoms with Crippen LogP contribution >= 0.6 is 11.6 Å². The maximum atomic E-state index is 9.97. The molecule has 3 rings (SSSR count). The summed E-state index contributed by atoms with van der Waals surface area (Å²) in [5.74, 6) is 0.120. The molecule has 5 heteroatoms. The van der Waals surface area contributed by atoms with Gasteiger partial charge in [-0.3, -0.25) is 0 Å². The maximum Gasteiger partial charge on any atom is 0.137 e. The van der Waals surface area contributed by atoms with Gasteiger partial charge in [0.15, 0.2) is 0 Å². The fourth-order valence-electron chi connectivity index (χ4n) is 2.26. The first-order chi connectivity index (χ1) is 9.56. The lowest BCUT2D eigenvalue weighted by atomic mass is 10.0. The third kappa shape index (κ3) is 2.04. The molecule has 4 nitrogen and oxygen atoms in total. The summed E-state index contributed by atoms with van der Waals surface area (Å²) in [5.41, 5.74) is 1.41. The minimum absolute atomic E-state index is 0.00662. The number of phenols is 3. The molecule has 3 N–H and O–H groups in total. The first kappa shape index (κ1) is 12.7. The zero-order chi connectivity index (χ0) is 14.3. The topological polar surface area (TPSA) is 63.9 Å². The molecule has 0 saturated carbocycles. The Bertz CT molecular complexity index is 682. The molecule has 1 atom stereocenters. The average molecular weight is 290 g/mol. The lowest BCUT2D eigenvalue weighted by molar-refractivity contribution is 0.444. The van der Waals surface area contributed by atoms with Crippen LogP contribution in [0, 0.1) is 0 Å². The number of hydrogen-bond donors (Lipinski definition) is 3. The molecule has 0 spiro atoms. The zero-order valence-electron chi connectivity index (χ0n) is 10.4. The number of nitrogens with zero attached hydrogens (tertiary/aromatic N) is 1. The van der Waals surface area contributed by atoms with Gasteiger partial charge < -0.3 is 20.2 Å². The van der Waals surface area contributed by atoms with Crippen molar-refractivity contribution in [1.82, 2.24) is 0 Å². The summed E-state index contributed by atoms with van der Waals surface area (Å²) in [6, 6.07) is 9.42. The lowest BCUT2D eigenvalue weighted by Gasteiger charge is -2.31. The van der Waals surface area contributed by atoms with Gasteiger partial charge in [0.25, 0.3) is 0 Å². The number of aromatic hydroxyl groups is 3. The van der Waals surface area contributed by atoms with Crippen LogP contribution in [-0.4, -0.2) is 15.3 Å². The van der Waals surface area contributed by atoms with E-state index in [0.717, 1.165) is 5.69 Å². The molecular formula is C15H12ClNO3. The highest BCUT2D eigenvalue weighted by Gasteiger charge is 2.26. The van der Waals surface area contributed by atoms with E-state index in [9.17, 15) is 15.3 Å². The number of anilines is 1. The summed E-state index contributed by atoms with van der Waals surface area (Å²) in [5, 5.41) is 28.8. The predicted molar refractivity (Wildman–Crippen MR) is 78.0 cm³/mol. The summed E-state index contributed by atoms with van der Waals surface area (Å²) in [6.07, 6.45) is 3.53. The number of hydrogen-bond acceptors (Lipinski definition) is 4. The van der Waals surface area contributed by atoms with Gasteiger partial charge in [-0.25, -0.2) is 0 Å². The quantitative estimate of drug-likeness (QED) is 0.555. The zero-order valence-corrected chi connectivity index (χ0v) is 11.1. The smallest absolute Gasteiger partial charge is 0.137 e. The van der Waals surface area contributed by atoms with Crippen molar-refractivity contribution in [2.24, 2.45) is 0 Å². The van der Waals surface area contributed by atoms with E-state index >= 15 is 0 Å². The molecule has 1 unspecified atom stereocenters. The van der Waals surface area contributed by atoms with Crippen LogP contribution in [0.15, 0.2) is 42.6 Å². The number of fused-ring (bicyclic) bond motifs is 1. The molecule has 0 fully saturated rings. The van der Waals surface area contributed by atoms with Gasteiger partial charge >= 0.3 is 0 Å². The van der Waals surface area contributed by atoms with Gasteiger partial charge in [-0.05, 0) is 42.0 Å². The van der Waals surface area contributed by atoms with E-state index in [2.05, 4.69) is 0 Å². The second-order valence-electron chi connectivity index (χ2n) is 4.54. The monoisotopic (exact) mass is 289 g/mol. The average Bonchev–Trinajstić information content (AvgIpc) is 2.39. The second-order valence-corrected chi connectivity index (χ2v) is 4.96. The number of halogens is 1. The molecule has 102 valence electrons. The van der Waals surface area contributed by atoms with Gasteiger partial charge in [0.1, 0.15) is 22.7 Å². The van der Waals surface area contributed by atoms with Crippen LogP contribution in [0.3, 0.4) is 0 Å². The summed E-state index contributed by atoms with van der Waals surface area (Å²) >= 11 is 6.42. The van der Waals surface area contributed by atoms with Gasteiger partial charge in [0, 0.05) is 23.5 Å². The fourth-order valence-corrected chi connectivity index (χ4v) is 2.67. The molecule has 0 aliphatic carbocycles. The van der Waals surface area contributed by atoms with Gasteiger partial charge in [0.2, 0.25) is 0 Å². The Balaban J connectivity index is 2.05. The standard InChI is InChI=1S/C15H12ClNO3/c16-15-14-9(7-12(19)8-13(14)20)5-6-17(15)10-1-3-11(18)4-2-10/h1-8,15,18-20H. The van der Waals surface area contributed by atoms with Crippen LogP contribution in [0.4, 0.5) is 5.69 Å². The largest absolute Gasteiger partial charge is 0.508 e. The first-order valence-electron chi connectivity index (χ1n) is 6.02. The molecule has 0 amide bonds. The molecule has 1 aliphatic heterocycles. The molecule has 0 aromatic heterocycles. The minimum atomic E-state index is -0.597. The third-order valence-electron chi connectivity index (χ3n) is 3.22. The Kier molecular flexibility index (Phi) is 2.95. The molecule has 0 radical (unpaired) electrons. The van der Waals surface area contributed by atoms with Crippen LogP contribution < -0.4 is 4.90 Å². The van der Waals surface area contributed by atoms with Crippen molar-refractivity contribution in [3.63, 3.8) is 0 Å². The van der Waals surface area contributed by atoms with Crippen molar-refractivity contribution >= 4 is 23.4 Å². The van der Waals surface area contributed by atoms with Crippen LogP contribution in [-0.2, 0) is 0 Å². The van der Waals surface area contributed by atoms with Crippen molar-refractivity contribution in [3.05, 3.63) is 53.7 Å². The highest BCUT2D eigenvalue weighted by molar-refractivity contribution is 6.23. The van der Waals surface area contributed by atoms with Gasteiger partial charge in [0.05, 0.1) is 0 Å². The highest BCUT2D eigenvalue weighted by Crippen LogP contribution is 2.43. The SMILES string of the molecule is Oc1ccc(N2C=Cc3cc(O)cc(O)c3C2Cl)cc1. The van der Waals surface area contributed by atoms with Crippen molar-refractivity contribution in [2.45, 2.75) is 5.50 Å². The van der Waals surface area contributed by atoms with E-state index < -0.39 is 5.50 Å². The van der Waals surface area contributed by atoms with E-state index in [1.165, 1.54) is 6.07 Å². The van der Waals surface area contributed by atoms with Crippen LogP contribution in [0.5, 0.6) is 17.2 Å². The third-order valence-corrected chi connectivity index (χ3v) is 3.65. The highest BCUT2D eigenvalue weighted by atomic mass is 35.5. The number of phenolic OH excluding ortho intramolecular Hbond substituents is 3. The van der Waals surface area contributed by atoms with Crippen molar-refractivity contribution in [2.75, 3.05) is 4.90 Å². The fraction of sp³-hybridized carbons (Fsp3) is 0.0667. The lowest BCUT2D eigenvalue weighted by Crippen LogP contribution is -2.22. The normalized spacial score (nSPS) is 17.1. The Morgan fingerprint density at radius 2 is 1.65 bits per heavy atom. The molecular weight excluding hydrogens is 278 g/mol. The van der Waals surface area contributed by atoms with Gasteiger partial charge in [-0.2, -0.15) is 0 Å². The molecule has 2 aromatic rings. The van der Waals surface area contributed by atoms with E-state index in [1.807, 2.05) is 0 Å². The molecule has 1 aliphatic rings. The van der Waals surface area contributed by atoms with Crippen LogP contribution in [0.2, 0.25) is 0 Å². The van der Waals surface area contributed by atoms with Crippen molar-refractivity contribution in [1.29, 1.82) is 0 Å². The number of alkyl halides is 1. The first-order valence-corrected chi connectivity index (χ1v) is 6.45. The molecule has 0 saturated heterocycles. The van der Waals surface area contributed by atoms with Crippen molar-refractivity contribution in [3.8, 4) is 17.2 Å². The summed E-state index contributed by atoms with van der Waals surface area (Å²) in [7, 11) is 0. The predicted octanol–water partition coefficient (Wildman–Crippen LogP) is 3.53. The minimum Gasteiger partial charge on any atom is -0.508 e. The van der Waals surface area contributed by atoms with E-state index in [4.69, 9.17) is 11.6 Å².